The molecule has 6 heteroatoms. The van der Waals surface area contributed by atoms with Gasteiger partial charge in [0.05, 0.1) is 11.2 Å². The number of rotatable bonds is 4. The number of piperidine rings is 1. The molecule has 4 rings (SSSR count). The SMILES string of the molecule is OC1(Cc2ccc(C(F)(F)F)cc2F)CC2CCC(C1)N2Cc1ccccc1. The largest absolute Gasteiger partial charge is 0.416 e. The van der Waals surface area contributed by atoms with E-state index in [1.54, 1.807) is 0 Å². The van der Waals surface area contributed by atoms with E-state index in [1.165, 1.54) is 5.56 Å². The van der Waals surface area contributed by atoms with Crippen LogP contribution in [0.25, 0.3) is 0 Å². The van der Waals surface area contributed by atoms with E-state index in [0.717, 1.165) is 31.5 Å². The van der Waals surface area contributed by atoms with Crippen LogP contribution in [0.1, 0.15) is 42.4 Å². The van der Waals surface area contributed by atoms with Crippen molar-refractivity contribution < 1.29 is 22.7 Å². The Balaban J connectivity index is 1.47. The number of nitrogens with zero attached hydrogens (tertiary/aromatic N) is 1. The summed E-state index contributed by atoms with van der Waals surface area (Å²) in [5.74, 6) is -0.901. The molecule has 2 fully saturated rings. The van der Waals surface area contributed by atoms with Crippen molar-refractivity contribution in [1.29, 1.82) is 0 Å². The van der Waals surface area contributed by atoms with Crippen LogP contribution in [0, 0.1) is 5.82 Å². The molecule has 0 amide bonds. The number of alkyl halides is 3. The van der Waals surface area contributed by atoms with E-state index >= 15 is 0 Å². The minimum absolute atomic E-state index is 0.0448. The van der Waals surface area contributed by atoms with Gasteiger partial charge in [0.15, 0.2) is 0 Å². The topological polar surface area (TPSA) is 23.5 Å². The van der Waals surface area contributed by atoms with E-state index in [1.807, 2.05) is 18.2 Å². The fourth-order valence-electron chi connectivity index (χ4n) is 4.83. The van der Waals surface area contributed by atoms with E-state index in [9.17, 15) is 22.7 Å². The standard InChI is InChI=1S/C22H23F4NO/c23-20-10-17(22(24,25)26)7-6-16(20)11-21(28)12-18-8-9-19(13-21)27(18)14-15-4-2-1-3-5-15/h1-7,10,18-19,28H,8-9,11-14H2. The van der Waals surface area contributed by atoms with E-state index in [0.29, 0.717) is 18.9 Å². The molecule has 2 heterocycles. The number of benzene rings is 2. The lowest BCUT2D eigenvalue weighted by atomic mass is 9.81. The summed E-state index contributed by atoms with van der Waals surface area (Å²) in [6, 6.07) is 13.1. The first-order valence-corrected chi connectivity index (χ1v) is 9.61. The summed E-state index contributed by atoms with van der Waals surface area (Å²) in [5, 5.41) is 11.1. The summed E-state index contributed by atoms with van der Waals surface area (Å²) in [7, 11) is 0. The summed E-state index contributed by atoms with van der Waals surface area (Å²) < 4.78 is 52.5. The van der Waals surface area contributed by atoms with E-state index < -0.39 is 23.2 Å². The van der Waals surface area contributed by atoms with Gasteiger partial charge < -0.3 is 5.11 Å². The average Bonchev–Trinajstić information content (AvgIpc) is 2.87. The van der Waals surface area contributed by atoms with Gasteiger partial charge in [-0.1, -0.05) is 36.4 Å². The van der Waals surface area contributed by atoms with Gasteiger partial charge in [0.1, 0.15) is 5.82 Å². The van der Waals surface area contributed by atoms with Gasteiger partial charge in [-0.15, -0.1) is 0 Å². The Morgan fingerprint density at radius 2 is 1.64 bits per heavy atom. The van der Waals surface area contributed by atoms with Gasteiger partial charge in [-0.2, -0.15) is 13.2 Å². The summed E-state index contributed by atoms with van der Waals surface area (Å²) in [5.41, 5.74) is -0.719. The smallest absolute Gasteiger partial charge is 0.389 e. The predicted molar refractivity (Wildman–Crippen MR) is 98.1 cm³/mol. The number of fused-ring (bicyclic) bond motifs is 2. The molecule has 2 bridgehead atoms. The van der Waals surface area contributed by atoms with E-state index in [4.69, 9.17) is 0 Å². The van der Waals surface area contributed by atoms with Crippen molar-refractivity contribution in [2.75, 3.05) is 0 Å². The Labute approximate surface area is 161 Å². The fourth-order valence-corrected chi connectivity index (χ4v) is 4.83. The first-order valence-electron chi connectivity index (χ1n) is 9.61. The Bertz CT molecular complexity index is 822. The van der Waals surface area contributed by atoms with Crippen molar-refractivity contribution in [3.8, 4) is 0 Å². The maximum Gasteiger partial charge on any atom is 0.416 e. The molecule has 2 aromatic rings. The number of aliphatic hydroxyl groups is 1. The maximum atomic E-state index is 14.3. The van der Waals surface area contributed by atoms with Crippen LogP contribution >= 0.6 is 0 Å². The zero-order valence-electron chi connectivity index (χ0n) is 15.4. The highest BCUT2D eigenvalue weighted by atomic mass is 19.4. The Hall–Kier alpha value is -1.92. The molecule has 2 nitrogen and oxygen atoms in total. The minimum atomic E-state index is -4.57. The Morgan fingerprint density at radius 3 is 2.21 bits per heavy atom. The molecular formula is C22H23F4NO. The van der Waals surface area contributed by atoms with Crippen molar-refractivity contribution in [3.05, 3.63) is 71.0 Å². The second-order valence-electron chi connectivity index (χ2n) is 8.16. The molecule has 2 unspecified atom stereocenters. The molecule has 0 aliphatic carbocycles. The highest BCUT2D eigenvalue weighted by Crippen LogP contribution is 2.43. The van der Waals surface area contributed by atoms with Crippen LogP contribution < -0.4 is 0 Å². The molecule has 1 N–H and O–H groups in total. The first kappa shape index (κ1) is 19.4. The van der Waals surface area contributed by atoms with Gasteiger partial charge in [0.2, 0.25) is 0 Å². The lowest BCUT2D eigenvalue weighted by Gasteiger charge is -2.44. The maximum absolute atomic E-state index is 14.3. The molecule has 0 radical (unpaired) electrons. The molecule has 2 aliphatic heterocycles. The lowest BCUT2D eigenvalue weighted by molar-refractivity contribution is -0.137. The summed E-state index contributed by atoms with van der Waals surface area (Å²) in [6.07, 6.45) is -1.54. The van der Waals surface area contributed by atoms with Crippen molar-refractivity contribution in [2.24, 2.45) is 0 Å². The van der Waals surface area contributed by atoms with Gasteiger partial charge in [-0.3, -0.25) is 4.90 Å². The van der Waals surface area contributed by atoms with Crippen molar-refractivity contribution in [2.45, 2.75) is 62.5 Å². The Kier molecular flexibility index (Phi) is 4.96. The molecule has 2 atom stereocenters. The molecule has 2 saturated heterocycles. The van der Waals surface area contributed by atoms with Crippen LogP contribution in [-0.2, 0) is 19.1 Å². The van der Waals surface area contributed by atoms with Gasteiger partial charge in [0, 0.05) is 25.0 Å². The van der Waals surface area contributed by atoms with E-state index in [-0.39, 0.29) is 24.1 Å². The van der Waals surface area contributed by atoms with Crippen LogP contribution in [-0.4, -0.2) is 27.7 Å². The molecule has 2 aromatic carbocycles. The van der Waals surface area contributed by atoms with Crippen molar-refractivity contribution in [1.82, 2.24) is 4.90 Å². The molecule has 2 aliphatic rings. The zero-order chi connectivity index (χ0) is 19.9. The third kappa shape index (κ3) is 3.94. The zero-order valence-corrected chi connectivity index (χ0v) is 15.4. The van der Waals surface area contributed by atoms with Gasteiger partial charge in [-0.05, 0) is 48.9 Å². The van der Waals surface area contributed by atoms with E-state index in [2.05, 4.69) is 17.0 Å². The monoisotopic (exact) mass is 393 g/mol. The van der Waals surface area contributed by atoms with Crippen LogP contribution in [0.3, 0.4) is 0 Å². The molecule has 150 valence electrons. The summed E-state index contributed by atoms with van der Waals surface area (Å²) in [4.78, 5) is 2.41. The number of hydrogen-bond acceptors (Lipinski definition) is 2. The molecule has 0 aromatic heterocycles. The predicted octanol–water partition coefficient (Wildman–Crippen LogP) is 4.95. The molecule has 28 heavy (non-hydrogen) atoms. The number of hydrogen-bond donors (Lipinski definition) is 1. The lowest BCUT2D eigenvalue weighted by Crippen LogP contribution is -2.51. The highest BCUT2D eigenvalue weighted by molar-refractivity contribution is 5.28. The van der Waals surface area contributed by atoms with Crippen molar-refractivity contribution in [3.63, 3.8) is 0 Å². The average molecular weight is 393 g/mol. The third-order valence-electron chi connectivity index (χ3n) is 6.11. The van der Waals surface area contributed by atoms with Crippen LogP contribution in [0.4, 0.5) is 17.6 Å². The molecular weight excluding hydrogens is 370 g/mol. The van der Waals surface area contributed by atoms with Gasteiger partial charge in [-0.25, -0.2) is 4.39 Å². The first-order chi connectivity index (χ1) is 13.2. The van der Waals surface area contributed by atoms with Crippen LogP contribution in [0.15, 0.2) is 48.5 Å². The second kappa shape index (κ2) is 7.16. The normalized spacial score (nSPS) is 27.9. The Morgan fingerprint density at radius 1 is 1.00 bits per heavy atom. The van der Waals surface area contributed by atoms with Gasteiger partial charge in [0.25, 0.3) is 0 Å². The van der Waals surface area contributed by atoms with Gasteiger partial charge >= 0.3 is 6.18 Å². The second-order valence-corrected chi connectivity index (χ2v) is 8.16. The third-order valence-corrected chi connectivity index (χ3v) is 6.11. The van der Waals surface area contributed by atoms with Crippen LogP contribution in [0.5, 0.6) is 0 Å². The highest BCUT2D eigenvalue weighted by Gasteiger charge is 2.47. The quantitative estimate of drug-likeness (QED) is 0.744. The molecule has 0 spiro atoms. The van der Waals surface area contributed by atoms with Crippen LogP contribution in [0.2, 0.25) is 0 Å². The van der Waals surface area contributed by atoms with Crippen molar-refractivity contribution >= 4 is 0 Å². The minimum Gasteiger partial charge on any atom is -0.389 e. The summed E-state index contributed by atoms with van der Waals surface area (Å²) in [6.45, 7) is 0.820. The molecule has 0 saturated carbocycles. The fraction of sp³-hybridized carbons (Fsp3) is 0.455. The number of halogens is 4. The summed E-state index contributed by atoms with van der Waals surface area (Å²) >= 11 is 0.